The van der Waals surface area contributed by atoms with E-state index in [1.807, 2.05) is 6.92 Å². The van der Waals surface area contributed by atoms with Crippen molar-refractivity contribution < 1.29 is 15.0 Å². The molecule has 0 saturated heterocycles. The topological polar surface area (TPSA) is 82.5 Å². The molecule has 0 radical (unpaired) electrons. The van der Waals surface area contributed by atoms with Crippen molar-refractivity contribution in [3.63, 3.8) is 0 Å². The largest absolute Gasteiger partial charge is 0.478 e. The lowest BCUT2D eigenvalue weighted by Crippen LogP contribution is -2.15. The maximum atomic E-state index is 11.1. The molecule has 0 aliphatic rings. The smallest absolute Gasteiger partial charge is 0.339 e. The summed E-state index contributed by atoms with van der Waals surface area (Å²) in [6.45, 7) is 5.75. The van der Waals surface area contributed by atoms with E-state index in [9.17, 15) is 4.79 Å². The Bertz CT molecular complexity index is 416. The van der Waals surface area contributed by atoms with Gasteiger partial charge in [0.05, 0.1) is 6.10 Å². The lowest BCUT2D eigenvalue weighted by molar-refractivity contribution is 0.0697. The van der Waals surface area contributed by atoms with Crippen LogP contribution >= 0.6 is 0 Å². The predicted octanol–water partition coefficient (Wildman–Crippen LogP) is 1.58. The predicted molar refractivity (Wildman–Crippen MR) is 65.5 cm³/mol. The van der Waals surface area contributed by atoms with Gasteiger partial charge in [-0.05, 0) is 38.8 Å². The van der Waals surface area contributed by atoms with Gasteiger partial charge in [0.2, 0.25) is 0 Å². The Morgan fingerprint density at radius 3 is 2.71 bits per heavy atom. The fourth-order valence-corrected chi connectivity index (χ4v) is 1.63. The molecule has 1 rings (SSSR count). The molecule has 94 valence electrons. The maximum Gasteiger partial charge on any atom is 0.339 e. The quantitative estimate of drug-likeness (QED) is 0.725. The van der Waals surface area contributed by atoms with E-state index in [1.54, 1.807) is 19.9 Å². The monoisotopic (exact) mass is 238 g/mol. The zero-order valence-electron chi connectivity index (χ0n) is 10.3. The van der Waals surface area contributed by atoms with E-state index < -0.39 is 12.1 Å². The number of hydrogen-bond acceptors (Lipinski definition) is 4. The highest BCUT2D eigenvalue weighted by atomic mass is 16.4. The minimum atomic E-state index is -0.991. The van der Waals surface area contributed by atoms with Crippen LogP contribution in [-0.2, 0) is 0 Å². The summed E-state index contributed by atoms with van der Waals surface area (Å²) in [6, 6.07) is 1.74. The molecule has 0 spiro atoms. The highest BCUT2D eigenvalue weighted by molar-refractivity contribution is 5.94. The molecule has 17 heavy (non-hydrogen) atoms. The molecule has 0 aromatic carbocycles. The summed E-state index contributed by atoms with van der Waals surface area (Å²) in [4.78, 5) is 15.3. The first-order valence-corrected chi connectivity index (χ1v) is 5.55. The summed E-state index contributed by atoms with van der Waals surface area (Å²) in [5.41, 5.74) is 1.65. The molecule has 3 N–H and O–H groups in total. The summed E-state index contributed by atoms with van der Waals surface area (Å²) in [5, 5.41) is 21.2. The van der Waals surface area contributed by atoms with Gasteiger partial charge in [0.25, 0.3) is 0 Å². The number of hydrogen-bond donors (Lipinski definition) is 3. The van der Waals surface area contributed by atoms with Gasteiger partial charge in [0.15, 0.2) is 0 Å². The molecule has 0 fully saturated rings. The van der Waals surface area contributed by atoms with Gasteiger partial charge in [0, 0.05) is 12.2 Å². The number of carbonyl (C=O) groups is 1. The molecule has 5 heteroatoms. The first-order chi connectivity index (χ1) is 7.91. The summed E-state index contributed by atoms with van der Waals surface area (Å²) in [5.74, 6) is -0.620. The molecule has 5 nitrogen and oxygen atoms in total. The number of aliphatic hydroxyl groups is 1. The molecular weight excluding hydrogens is 220 g/mol. The number of aromatic nitrogens is 1. The molecular formula is C12H18N2O3. The average molecular weight is 238 g/mol. The van der Waals surface area contributed by atoms with E-state index >= 15 is 0 Å². The number of nitrogens with one attached hydrogen (secondary N) is 1. The maximum absolute atomic E-state index is 11.1. The minimum absolute atomic E-state index is 0.196. The van der Waals surface area contributed by atoms with Gasteiger partial charge in [-0.1, -0.05) is 0 Å². The molecule has 0 aliphatic carbocycles. The Hall–Kier alpha value is -1.62. The second-order valence-electron chi connectivity index (χ2n) is 4.17. The van der Waals surface area contributed by atoms with E-state index in [4.69, 9.17) is 10.2 Å². The summed E-state index contributed by atoms with van der Waals surface area (Å²) in [7, 11) is 0. The summed E-state index contributed by atoms with van der Waals surface area (Å²) in [6.07, 6.45) is 0.134. The molecule has 1 heterocycles. The van der Waals surface area contributed by atoms with Crippen LogP contribution < -0.4 is 5.32 Å². The number of anilines is 1. The van der Waals surface area contributed by atoms with Crippen LogP contribution in [0.25, 0.3) is 0 Å². The number of nitrogens with zero attached hydrogens (tertiary/aromatic N) is 1. The molecule has 0 saturated carbocycles. The van der Waals surface area contributed by atoms with Crippen molar-refractivity contribution in [1.82, 2.24) is 4.98 Å². The highest BCUT2D eigenvalue weighted by Crippen LogP contribution is 2.18. The number of aliphatic hydroxyl groups excluding tert-OH is 1. The van der Waals surface area contributed by atoms with Crippen LogP contribution in [0.1, 0.15) is 35.0 Å². The second-order valence-corrected chi connectivity index (χ2v) is 4.17. The van der Waals surface area contributed by atoms with Gasteiger partial charge in [-0.3, -0.25) is 0 Å². The third kappa shape index (κ3) is 3.71. The van der Waals surface area contributed by atoms with E-state index in [2.05, 4.69) is 10.3 Å². The van der Waals surface area contributed by atoms with Gasteiger partial charge in [-0.15, -0.1) is 0 Å². The van der Waals surface area contributed by atoms with Crippen LogP contribution in [0.15, 0.2) is 6.07 Å². The standard InChI is InChI=1S/C12H18N2O3/c1-7-6-8(2)14-11(10(7)12(16)17)13-5-4-9(3)15/h6,9,15H,4-5H2,1-3H3,(H,13,14)(H,16,17). The third-order valence-corrected chi connectivity index (χ3v) is 2.41. The zero-order valence-corrected chi connectivity index (χ0v) is 10.3. The Morgan fingerprint density at radius 2 is 2.18 bits per heavy atom. The SMILES string of the molecule is Cc1cc(C)c(C(=O)O)c(NCCC(C)O)n1. The molecule has 1 aromatic heterocycles. The van der Waals surface area contributed by atoms with Crippen molar-refractivity contribution in [2.24, 2.45) is 0 Å². The van der Waals surface area contributed by atoms with Crippen LogP contribution in [0.2, 0.25) is 0 Å². The van der Waals surface area contributed by atoms with Crippen molar-refractivity contribution in [3.05, 3.63) is 22.9 Å². The first kappa shape index (κ1) is 13.4. The number of aromatic carboxylic acids is 1. The molecule has 0 amide bonds. The van der Waals surface area contributed by atoms with E-state index in [0.29, 0.717) is 24.3 Å². The van der Waals surface area contributed by atoms with Gasteiger partial charge in [-0.25, -0.2) is 9.78 Å². The Kier molecular flexibility index (Phi) is 4.45. The van der Waals surface area contributed by atoms with Crippen molar-refractivity contribution in [2.75, 3.05) is 11.9 Å². The van der Waals surface area contributed by atoms with Crippen molar-refractivity contribution in [3.8, 4) is 0 Å². The second kappa shape index (κ2) is 5.63. The normalized spacial score (nSPS) is 12.2. The van der Waals surface area contributed by atoms with Gasteiger partial charge >= 0.3 is 5.97 Å². The summed E-state index contributed by atoms with van der Waals surface area (Å²) >= 11 is 0. The zero-order chi connectivity index (χ0) is 13.0. The van der Waals surface area contributed by atoms with Crippen molar-refractivity contribution in [2.45, 2.75) is 33.3 Å². The van der Waals surface area contributed by atoms with Gasteiger partial charge < -0.3 is 15.5 Å². The number of carboxylic acid groups (broad SMARTS) is 1. The minimum Gasteiger partial charge on any atom is -0.478 e. The molecule has 1 atom stereocenters. The average Bonchev–Trinajstić information content (AvgIpc) is 2.14. The third-order valence-electron chi connectivity index (χ3n) is 2.41. The van der Waals surface area contributed by atoms with E-state index in [0.717, 1.165) is 5.69 Å². The van der Waals surface area contributed by atoms with Crippen LogP contribution in [-0.4, -0.2) is 33.8 Å². The fraction of sp³-hybridized carbons (Fsp3) is 0.500. The van der Waals surface area contributed by atoms with Crippen molar-refractivity contribution >= 4 is 11.8 Å². The van der Waals surface area contributed by atoms with Crippen LogP contribution in [0.4, 0.5) is 5.82 Å². The molecule has 1 unspecified atom stereocenters. The van der Waals surface area contributed by atoms with Crippen LogP contribution in [0, 0.1) is 13.8 Å². The summed E-state index contributed by atoms with van der Waals surface area (Å²) < 4.78 is 0. The lowest BCUT2D eigenvalue weighted by atomic mass is 10.1. The fourth-order valence-electron chi connectivity index (χ4n) is 1.63. The van der Waals surface area contributed by atoms with Crippen molar-refractivity contribution in [1.29, 1.82) is 0 Å². The van der Waals surface area contributed by atoms with E-state index in [-0.39, 0.29) is 5.56 Å². The molecule has 0 bridgehead atoms. The Balaban J connectivity index is 2.92. The first-order valence-electron chi connectivity index (χ1n) is 5.55. The highest BCUT2D eigenvalue weighted by Gasteiger charge is 2.15. The van der Waals surface area contributed by atoms with E-state index in [1.165, 1.54) is 0 Å². The number of rotatable bonds is 5. The number of pyridine rings is 1. The number of carboxylic acids is 1. The molecule has 0 aliphatic heterocycles. The Morgan fingerprint density at radius 1 is 1.53 bits per heavy atom. The van der Waals surface area contributed by atoms with Crippen LogP contribution in [0.5, 0.6) is 0 Å². The Labute approximate surface area is 101 Å². The van der Waals surface area contributed by atoms with Gasteiger partial charge in [-0.2, -0.15) is 0 Å². The molecule has 1 aromatic rings. The van der Waals surface area contributed by atoms with Crippen LogP contribution in [0.3, 0.4) is 0 Å². The number of aryl methyl sites for hydroxylation is 2. The lowest BCUT2D eigenvalue weighted by Gasteiger charge is -2.12. The van der Waals surface area contributed by atoms with Gasteiger partial charge in [0.1, 0.15) is 11.4 Å².